The van der Waals surface area contributed by atoms with Crippen LogP contribution in [0.5, 0.6) is 0 Å². The van der Waals surface area contributed by atoms with Crippen molar-refractivity contribution < 1.29 is 18.0 Å². The first kappa shape index (κ1) is 14.9. The number of carbonyl (C=O) groups excluding carboxylic acids is 1. The summed E-state index contributed by atoms with van der Waals surface area (Å²) in [7, 11) is 0. The lowest BCUT2D eigenvalue weighted by molar-refractivity contribution is -0.136. The lowest BCUT2D eigenvalue weighted by Crippen LogP contribution is -2.39. The van der Waals surface area contributed by atoms with E-state index in [2.05, 4.69) is 16.0 Å². The van der Waals surface area contributed by atoms with Crippen LogP contribution < -0.4 is 16.0 Å². The molecule has 1 saturated heterocycles. The zero-order valence-electron chi connectivity index (χ0n) is 10.4. The van der Waals surface area contributed by atoms with Gasteiger partial charge in [0.2, 0.25) is 0 Å². The molecule has 8 heteroatoms. The fourth-order valence-electron chi connectivity index (χ4n) is 1.98. The van der Waals surface area contributed by atoms with Crippen LogP contribution in [0.25, 0.3) is 0 Å². The third-order valence-corrected chi connectivity index (χ3v) is 3.17. The Bertz CT molecular complexity index is 501. The second-order valence-electron chi connectivity index (χ2n) is 4.48. The van der Waals surface area contributed by atoms with E-state index in [0.29, 0.717) is 6.54 Å². The summed E-state index contributed by atoms with van der Waals surface area (Å²) in [5, 5.41) is 7.83. The van der Waals surface area contributed by atoms with Crippen molar-refractivity contribution in [2.45, 2.75) is 18.6 Å². The summed E-state index contributed by atoms with van der Waals surface area (Å²) in [4.78, 5) is 11.7. The molecule has 2 amide bonds. The smallest absolute Gasteiger partial charge is 0.334 e. The van der Waals surface area contributed by atoms with E-state index in [0.717, 1.165) is 25.1 Å². The molecule has 0 aliphatic carbocycles. The zero-order chi connectivity index (χ0) is 14.8. The summed E-state index contributed by atoms with van der Waals surface area (Å²) in [6, 6.07) is 2.48. The Morgan fingerprint density at radius 2 is 2.15 bits per heavy atom. The lowest BCUT2D eigenvalue weighted by atomic mass is 10.1. The standard InChI is InChI=1S/C12H13ClF3N3O/c13-7-1-2-10(9(5-7)12(14,15)16)19-11(20)18-8-3-4-17-6-8/h1-2,5,8,17H,3-4,6H2,(H2,18,19,20)/t8-/m1/s1. The van der Waals surface area contributed by atoms with Gasteiger partial charge in [-0.05, 0) is 31.2 Å². The monoisotopic (exact) mass is 307 g/mol. The number of halogens is 4. The van der Waals surface area contributed by atoms with E-state index < -0.39 is 17.8 Å². The second-order valence-corrected chi connectivity index (χ2v) is 4.91. The van der Waals surface area contributed by atoms with Crippen LogP contribution in [0.1, 0.15) is 12.0 Å². The van der Waals surface area contributed by atoms with Crippen molar-refractivity contribution in [3.8, 4) is 0 Å². The lowest BCUT2D eigenvalue weighted by Gasteiger charge is -2.16. The Labute approximate surface area is 118 Å². The summed E-state index contributed by atoms with van der Waals surface area (Å²) in [6.45, 7) is 1.39. The number of alkyl halides is 3. The van der Waals surface area contributed by atoms with Crippen molar-refractivity contribution in [1.29, 1.82) is 0 Å². The van der Waals surface area contributed by atoms with Gasteiger partial charge in [0.1, 0.15) is 0 Å². The van der Waals surface area contributed by atoms with Gasteiger partial charge in [-0.2, -0.15) is 13.2 Å². The highest BCUT2D eigenvalue weighted by molar-refractivity contribution is 6.30. The highest BCUT2D eigenvalue weighted by Gasteiger charge is 2.34. The Kier molecular flexibility index (Phi) is 4.39. The van der Waals surface area contributed by atoms with E-state index in [1.165, 1.54) is 6.07 Å². The predicted octanol–water partition coefficient (Wildman–Crippen LogP) is 2.84. The molecule has 0 radical (unpaired) electrons. The van der Waals surface area contributed by atoms with Crippen LogP contribution in [0, 0.1) is 0 Å². The average Bonchev–Trinajstić information content (AvgIpc) is 2.82. The van der Waals surface area contributed by atoms with E-state index in [-0.39, 0.29) is 16.8 Å². The van der Waals surface area contributed by atoms with Crippen molar-refractivity contribution >= 4 is 23.3 Å². The third kappa shape index (κ3) is 3.77. The van der Waals surface area contributed by atoms with Gasteiger partial charge in [0, 0.05) is 17.6 Å². The topological polar surface area (TPSA) is 53.2 Å². The van der Waals surface area contributed by atoms with Gasteiger partial charge in [-0.15, -0.1) is 0 Å². The molecule has 4 nitrogen and oxygen atoms in total. The Hall–Kier alpha value is -1.47. The van der Waals surface area contributed by atoms with Crippen LogP contribution in [0.15, 0.2) is 18.2 Å². The molecule has 0 spiro atoms. The number of hydrogen-bond donors (Lipinski definition) is 3. The molecule has 1 atom stereocenters. The highest BCUT2D eigenvalue weighted by atomic mass is 35.5. The third-order valence-electron chi connectivity index (χ3n) is 2.93. The zero-order valence-corrected chi connectivity index (χ0v) is 11.1. The van der Waals surface area contributed by atoms with Crippen LogP contribution >= 0.6 is 11.6 Å². The maximum Gasteiger partial charge on any atom is 0.418 e. The fourth-order valence-corrected chi connectivity index (χ4v) is 2.15. The van der Waals surface area contributed by atoms with E-state index in [1.807, 2.05) is 0 Å². The van der Waals surface area contributed by atoms with Crippen LogP contribution in [-0.4, -0.2) is 25.2 Å². The van der Waals surface area contributed by atoms with E-state index in [9.17, 15) is 18.0 Å². The summed E-state index contributed by atoms with van der Waals surface area (Å²) in [5.74, 6) is 0. The molecule has 1 aromatic carbocycles. The predicted molar refractivity (Wildman–Crippen MR) is 69.9 cm³/mol. The van der Waals surface area contributed by atoms with Crippen molar-refractivity contribution in [1.82, 2.24) is 10.6 Å². The fraction of sp³-hybridized carbons (Fsp3) is 0.417. The maximum atomic E-state index is 12.8. The van der Waals surface area contributed by atoms with Crippen LogP contribution in [0.4, 0.5) is 23.7 Å². The van der Waals surface area contributed by atoms with E-state index >= 15 is 0 Å². The maximum absolute atomic E-state index is 12.8. The van der Waals surface area contributed by atoms with Crippen molar-refractivity contribution in [2.24, 2.45) is 0 Å². The number of nitrogens with one attached hydrogen (secondary N) is 3. The molecule has 0 bridgehead atoms. The molecule has 0 saturated carbocycles. The molecule has 2 rings (SSSR count). The van der Waals surface area contributed by atoms with Gasteiger partial charge in [0.15, 0.2) is 0 Å². The first-order valence-corrected chi connectivity index (χ1v) is 6.39. The van der Waals surface area contributed by atoms with Crippen molar-refractivity contribution in [3.05, 3.63) is 28.8 Å². The minimum absolute atomic E-state index is 0.0386. The minimum Gasteiger partial charge on any atom is -0.334 e. The van der Waals surface area contributed by atoms with Gasteiger partial charge in [-0.1, -0.05) is 11.6 Å². The van der Waals surface area contributed by atoms with Crippen LogP contribution in [-0.2, 0) is 6.18 Å². The van der Waals surface area contributed by atoms with Gasteiger partial charge in [0.05, 0.1) is 11.3 Å². The molecular formula is C12H13ClF3N3O. The SMILES string of the molecule is O=C(Nc1ccc(Cl)cc1C(F)(F)F)N[C@@H]1CCNC1. The molecule has 1 aromatic rings. The van der Waals surface area contributed by atoms with Crippen molar-refractivity contribution in [3.63, 3.8) is 0 Å². The van der Waals surface area contributed by atoms with Gasteiger partial charge < -0.3 is 16.0 Å². The van der Waals surface area contributed by atoms with E-state index in [1.54, 1.807) is 0 Å². The number of amides is 2. The summed E-state index contributed by atoms with van der Waals surface area (Å²) >= 11 is 5.56. The Morgan fingerprint density at radius 1 is 1.40 bits per heavy atom. The average molecular weight is 308 g/mol. The second kappa shape index (κ2) is 5.88. The van der Waals surface area contributed by atoms with Gasteiger partial charge in [-0.25, -0.2) is 4.79 Å². The van der Waals surface area contributed by atoms with Crippen LogP contribution in [0.3, 0.4) is 0 Å². The van der Waals surface area contributed by atoms with Crippen LogP contribution in [0.2, 0.25) is 5.02 Å². The molecule has 3 N–H and O–H groups in total. The molecule has 1 heterocycles. The first-order chi connectivity index (χ1) is 9.36. The number of rotatable bonds is 2. The first-order valence-electron chi connectivity index (χ1n) is 6.01. The normalized spacial score (nSPS) is 18.9. The minimum atomic E-state index is -4.58. The largest absolute Gasteiger partial charge is 0.418 e. The molecule has 110 valence electrons. The van der Waals surface area contributed by atoms with Gasteiger partial charge in [0.25, 0.3) is 0 Å². The molecule has 1 aliphatic heterocycles. The van der Waals surface area contributed by atoms with E-state index in [4.69, 9.17) is 11.6 Å². The molecular weight excluding hydrogens is 295 g/mol. The molecule has 1 aliphatic rings. The Balaban J connectivity index is 2.10. The van der Waals surface area contributed by atoms with Gasteiger partial charge in [-0.3, -0.25) is 0 Å². The van der Waals surface area contributed by atoms with Gasteiger partial charge >= 0.3 is 12.2 Å². The quantitative estimate of drug-likeness (QED) is 0.787. The summed E-state index contributed by atoms with van der Waals surface area (Å²) in [5.41, 5.74) is -1.28. The Morgan fingerprint density at radius 3 is 2.75 bits per heavy atom. The number of hydrogen-bond acceptors (Lipinski definition) is 2. The number of urea groups is 1. The number of carbonyl (C=O) groups is 1. The molecule has 0 aromatic heterocycles. The summed E-state index contributed by atoms with van der Waals surface area (Å²) < 4.78 is 38.5. The number of anilines is 1. The molecule has 1 fully saturated rings. The molecule has 20 heavy (non-hydrogen) atoms. The molecule has 0 unspecified atom stereocenters. The number of benzene rings is 1. The summed E-state index contributed by atoms with van der Waals surface area (Å²) in [6.07, 6.45) is -3.83. The van der Waals surface area contributed by atoms with Crippen molar-refractivity contribution in [2.75, 3.05) is 18.4 Å². The highest BCUT2D eigenvalue weighted by Crippen LogP contribution is 2.36.